The highest BCUT2D eigenvalue weighted by Crippen LogP contribution is 2.33. The largest absolute Gasteiger partial charge is 0.256 e. The Balaban J connectivity index is 1.50. The van der Waals surface area contributed by atoms with Crippen molar-refractivity contribution in [2.75, 3.05) is 6.54 Å². The molecule has 2 aromatic heterocycles. The molecule has 29 heavy (non-hydrogen) atoms. The van der Waals surface area contributed by atoms with Crippen LogP contribution >= 0.6 is 11.5 Å². The van der Waals surface area contributed by atoms with Crippen LogP contribution < -0.4 is 4.80 Å². The van der Waals surface area contributed by atoms with Crippen LogP contribution in [0.3, 0.4) is 0 Å². The summed E-state index contributed by atoms with van der Waals surface area (Å²) in [5.41, 5.74) is 3.48. The molecule has 0 saturated heterocycles. The fourth-order valence-electron chi connectivity index (χ4n) is 4.03. The van der Waals surface area contributed by atoms with Gasteiger partial charge in [-0.05, 0) is 73.7 Å². The number of aromatic nitrogens is 4. The molecule has 2 aliphatic carbocycles. The van der Waals surface area contributed by atoms with Crippen molar-refractivity contribution in [3.8, 4) is 17.2 Å². The molecule has 0 bridgehead atoms. The van der Waals surface area contributed by atoms with Crippen molar-refractivity contribution in [1.29, 1.82) is 0 Å². The predicted octanol–water partition coefficient (Wildman–Crippen LogP) is 5.06. The van der Waals surface area contributed by atoms with Crippen molar-refractivity contribution in [2.24, 2.45) is 10.9 Å². The Morgan fingerprint density at radius 1 is 0.966 bits per heavy atom. The van der Waals surface area contributed by atoms with E-state index in [2.05, 4.69) is 38.4 Å². The fourth-order valence-corrected chi connectivity index (χ4v) is 4.88. The topological polar surface area (TPSA) is 56.0 Å². The highest BCUT2D eigenvalue weighted by Gasteiger charge is 2.21. The molecule has 0 aliphatic heterocycles. The molecule has 0 unspecified atom stereocenters. The van der Waals surface area contributed by atoms with Gasteiger partial charge in [0.2, 0.25) is 4.80 Å². The minimum atomic E-state index is 0.715. The van der Waals surface area contributed by atoms with E-state index in [9.17, 15) is 0 Å². The minimum absolute atomic E-state index is 0.715. The molecule has 2 aliphatic rings. The van der Waals surface area contributed by atoms with E-state index in [1.807, 2.05) is 19.1 Å². The molecule has 2 heterocycles. The summed E-state index contributed by atoms with van der Waals surface area (Å²) in [5, 5.41) is 8.62. The maximum Gasteiger partial charge on any atom is 0.223 e. The lowest BCUT2D eigenvalue weighted by atomic mass is 9.84. The summed E-state index contributed by atoms with van der Waals surface area (Å²) < 4.78 is 2.06. The molecule has 2 fully saturated rings. The molecule has 0 amide bonds. The van der Waals surface area contributed by atoms with E-state index in [-0.39, 0.29) is 0 Å². The Morgan fingerprint density at radius 3 is 2.45 bits per heavy atom. The van der Waals surface area contributed by atoms with E-state index in [0.29, 0.717) is 5.92 Å². The van der Waals surface area contributed by atoms with E-state index in [1.165, 1.54) is 50.5 Å². The molecule has 0 N–H and O–H groups in total. The maximum atomic E-state index is 4.87. The Kier molecular flexibility index (Phi) is 5.27. The SMILES string of the molecule is Cc1ccc(-n2sc(=NCC3CC3)nc2-c2ccc(C3CCCCC3)cc2)nn1. The lowest BCUT2D eigenvalue weighted by molar-refractivity contribution is 0.443. The zero-order valence-corrected chi connectivity index (χ0v) is 17.7. The Labute approximate surface area is 175 Å². The fraction of sp³-hybridized carbons (Fsp3) is 0.478. The summed E-state index contributed by atoms with van der Waals surface area (Å²) in [6.07, 6.45) is 9.34. The summed E-state index contributed by atoms with van der Waals surface area (Å²) in [4.78, 5) is 10.4. The highest BCUT2D eigenvalue weighted by molar-refractivity contribution is 7.04. The number of hydrogen-bond acceptors (Lipinski definition) is 5. The molecule has 1 aromatic carbocycles. The standard InChI is InChI=1S/C23H27N5S/c1-16-7-14-21(27-26-16)28-22(25-23(29-28)24-15-17-8-9-17)20-12-10-19(11-13-20)18-5-3-2-4-6-18/h7,10-14,17-18H,2-6,8-9,15H2,1H3. The molecular formula is C23H27N5S. The first-order chi connectivity index (χ1) is 14.3. The second-order valence-electron chi connectivity index (χ2n) is 8.38. The van der Waals surface area contributed by atoms with E-state index < -0.39 is 0 Å². The predicted molar refractivity (Wildman–Crippen MR) is 116 cm³/mol. The van der Waals surface area contributed by atoms with Gasteiger partial charge < -0.3 is 0 Å². The summed E-state index contributed by atoms with van der Waals surface area (Å²) in [5.74, 6) is 3.17. The maximum absolute atomic E-state index is 4.87. The van der Waals surface area contributed by atoms with Crippen LogP contribution in [-0.2, 0) is 0 Å². The average Bonchev–Trinajstić information content (AvgIpc) is 3.51. The van der Waals surface area contributed by atoms with Gasteiger partial charge in [-0.15, -0.1) is 5.10 Å². The number of rotatable bonds is 5. The van der Waals surface area contributed by atoms with Crippen LogP contribution in [0.15, 0.2) is 41.4 Å². The molecule has 0 spiro atoms. The monoisotopic (exact) mass is 405 g/mol. The van der Waals surface area contributed by atoms with Crippen LogP contribution in [0.1, 0.15) is 62.1 Å². The number of aryl methyl sites for hydroxylation is 1. The summed E-state index contributed by atoms with van der Waals surface area (Å²) >= 11 is 1.55. The van der Waals surface area contributed by atoms with E-state index in [0.717, 1.165) is 40.2 Å². The van der Waals surface area contributed by atoms with Crippen LogP contribution in [0, 0.1) is 12.8 Å². The van der Waals surface area contributed by atoms with Crippen molar-refractivity contribution in [1.82, 2.24) is 19.1 Å². The summed E-state index contributed by atoms with van der Waals surface area (Å²) in [7, 11) is 0. The van der Waals surface area contributed by atoms with Crippen molar-refractivity contribution < 1.29 is 0 Å². The van der Waals surface area contributed by atoms with Gasteiger partial charge in [-0.1, -0.05) is 43.5 Å². The molecule has 150 valence electrons. The molecule has 0 radical (unpaired) electrons. The third-order valence-corrected chi connectivity index (χ3v) is 6.91. The van der Waals surface area contributed by atoms with Crippen LogP contribution in [-0.4, -0.2) is 25.7 Å². The van der Waals surface area contributed by atoms with Gasteiger partial charge in [0.25, 0.3) is 0 Å². The zero-order valence-electron chi connectivity index (χ0n) is 16.9. The van der Waals surface area contributed by atoms with Gasteiger partial charge in [-0.2, -0.15) is 10.1 Å². The van der Waals surface area contributed by atoms with E-state index in [1.54, 1.807) is 11.5 Å². The first-order valence-electron chi connectivity index (χ1n) is 10.8. The molecule has 6 heteroatoms. The first-order valence-corrected chi connectivity index (χ1v) is 11.6. The van der Waals surface area contributed by atoms with E-state index >= 15 is 0 Å². The summed E-state index contributed by atoms with van der Waals surface area (Å²) in [6.45, 7) is 2.84. The van der Waals surface area contributed by atoms with Gasteiger partial charge in [-0.3, -0.25) is 4.99 Å². The third kappa shape index (κ3) is 4.32. The Hall–Kier alpha value is -2.34. The molecule has 3 aromatic rings. The van der Waals surface area contributed by atoms with Crippen molar-refractivity contribution >= 4 is 11.5 Å². The van der Waals surface area contributed by atoms with Crippen LogP contribution in [0.25, 0.3) is 17.2 Å². The lowest BCUT2D eigenvalue weighted by Crippen LogP contribution is -2.04. The second-order valence-corrected chi connectivity index (χ2v) is 9.29. The smallest absolute Gasteiger partial charge is 0.223 e. The molecule has 2 saturated carbocycles. The quantitative estimate of drug-likeness (QED) is 0.596. The minimum Gasteiger partial charge on any atom is -0.256 e. The van der Waals surface area contributed by atoms with Crippen LogP contribution in [0.4, 0.5) is 0 Å². The van der Waals surface area contributed by atoms with Crippen LogP contribution in [0.2, 0.25) is 0 Å². The lowest BCUT2D eigenvalue weighted by Gasteiger charge is -2.22. The summed E-state index contributed by atoms with van der Waals surface area (Å²) in [6, 6.07) is 13.0. The molecule has 0 atom stereocenters. The van der Waals surface area contributed by atoms with Crippen molar-refractivity contribution in [3.63, 3.8) is 0 Å². The van der Waals surface area contributed by atoms with Gasteiger partial charge in [0.05, 0.1) is 5.69 Å². The number of hydrogen-bond donors (Lipinski definition) is 0. The molecule has 5 rings (SSSR count). The first kappa shape index (κ1) is 18.7. The van der Waals surface area contributed by atoms with Crippen molar-refractivity contribution in [3.05, 3.63) is 52.5 Å². The Bertz CT molecular complexity index is 1020. The normalized spacial score (nSPS) is 18.3. The third-order valence-electron chi connectivity index (χ3n) is 5.99. The molecular weight excluding hydrogens is 378 g/mol. The van der Waals surface area contributed by atoms with Gasteiger partial charge in [0, 0.05) is 12.1 Å². The second kappa shape index (κ2) is 8.19. The van der Waals surface area contributed by atoms with Gasteiger partial charge in [0.1, 0.15) is 0 Å². The van der Waals surface area contributed by atoms with Gasteiger partial charge >= 0.3 is 0 Å². The Morgan fingerprint density at radius 2 is 1.76 bits per heavy atom. The van der Waals surface area contributed by atoms with Gasteiger partial charge in [0.15, 0.2) is 11.6 Å². The van der Waals surface area contributed by atoms with Crippen LogP contribution in [0.5, 0.6) is 0 Å². The van der Waals surface area contributed by atoms with E-state index in [4.69, 9.17) is 9.98 Å². The highest BCUT2D eigenvalue weighted by atomic mass is 32.1. The average molecular weight is 406 g/mol. The zero-order chi connectivity index (χ0) is 19.6. The number of benzene rings is 1. The van der Waals surface area contributed by atoms with Gasteiger partial charge in [-0.25, -0.2) is 3.96 Å². The molecule has 5 nitrogen and oxygen atoms in total. The van der Waals surface area contributed by atoms with Crippen molar-refractivity contribution in [2.45, 2.75) is 57.8 Å². The number of nitrogens with zero attached hydrogens (tertiary/aromatic N) is 5.